The molecule has 8 aromatic carbocycles. The van der Waals surface area contributed by atoms with Gasteiger partial charge in [0.25, 0.3) is 0 Å². The summed E-state index contributed by atoms with van der Waals surface area (Å²) in [4.78, 5) is 67.5. The van der Waals surface area contributed by atoms with Crippen LogP contribution in [0.1, 0.15) is 107 Å². The van der Waals surface area contributed by atoms with Gasteiger partial charge in [0.05, 0.1) is 174 Å². The number of hydrogen-bond acceptors (Lipinski definition) is 24. The summed E-state index contributed by atoms with van der Waals surface area (Å²) in [5.41, 5.74) is 15.3. The second kappa shape index (κ2) is 47.3. The standard InChI is InChI=1S/4C25H25ClN4O3/c4*1-32-19-10-8-17(9-11-19)12-13-27-23-20-15-29-30(16-22(26)18-6-4-3-5-7-18)24(20)28-14-21(23)25(31)33-2/h4*3-11,14-15,22H,12-13,16H2,1-2H3,(H,27,28)/t4*22-/m0000/s1. The Morgan fingerprint density at radius 3 is 0.636 bits per heavy atom. The van der Waals surface area contributed by atoms with E-state index in [2.05, 4.69) is 61.6 Å². The number of nitrogens with zero attached hydrogens (tertiary/aromatic N) is 12. The van der Waals surface area contributed by atoms with Crippen LogP contribution in [-0.2, 0) is 70.8 Å². The van der Waals surface area contributed by atoms with Crippen molar-refractivity contribution in [3.8, 4) is 23.0 Å². The minimum absolute atomic E-state index is 0.261. The number of alkyl halides is 4. The molecule has 0 spiro atoms. The molecule has 0 bridgehead atoms. The summed E-state index contributed by atoms with van der Waals surface area (Å²) in [5, 5.41) is 33.5. The third-order valence-corrected chi connectivity index (χ3v) is 23.3. The van der Waals surface area contributed by atoms with Crippen molar-refractivity contribution in [1.82, 2.24) is 59.1 Å². The molecular weight excluding hydrogens is 1760 g/mol. The summed E-state index contributed by atoms with van der Waals surface area (Å²) >= 11 is 26.5. The highest BCUT2D eigenvalue weighted by Crippen LogP contribution is 2.36. The van der Waals surface area contributed by atoms with Crippen molar-refractivity contribution >= 4 is 137 Å². The highest BCUT2D eigenvalue weighted by molar-refractivity contribution is 6.22. The molecule has 4 atom stereocenters. The molecule has 16 rings (SSSR count). The number of nitrogens with one attached hydrogen (secondary N) is 4. The SMILES string of the molecule is COC(=O)c1cnc2c(cnn2C[C@H](Cl)c2ccccc2)c1NCCc1ccc(OC)cc1.COC(=O)c1cnc2c(cnn2C[C@H](Cl)c2ccccc2)c1NCCc1ccc(OC)cc1.COC(=O)c1cnc2c(cnn2C[C@H](Cl)c2ccccc2)c1NCCc1ccc(OC)cc1.COC(=O)c1cnc2c(cnn2C[C@H](Cl)c2ccccc2)c1NCCc1ccc(OC)cc1. The zero-order valence-electron chi connectivity index (χ0n) is 74.0. The van der Waals surface area contributed by atoms with Crippen molar-refractivity contribution in [2.24, 2.45) is 0 Å². The molecular formula is C100H100Cl4N16O12. The van der Waals surface area contributed by atoms with Gasteiger partial charge in [-0.1, -0.05) is 170 Å². The highest BCUT2D eigenvalue weighted by Gasteiger charge is 2.26. The van der Waals surface area contributed by atoms with E-state index in [0.29, 0.717) is 120 Å². The normalized spacial score (nSPS) is 11.8. The molecule has 28 nitrogen and oxygen atoms in total. The van der Waals surface area contributed by atoms with E-state index in [9.17, 15) is 19.2 Å². The molecule has 132 heavy (non-hydrogen) atoms. The number of benzene rings is 8. The Kier molecular flexibility index (Phi) is 34.1. The molecule has 0 saturated carbocycles. The Hall–Kier alpha value is -14.3. The number of fused-ring (bicyclic) bond motifs is 4. The predicted molar refractivity (Wildman–Crippen MR) is 516 cm³/mol. The van der Waals surface area contributed by atoms with Crippen molar-refractivity contribution in [1.29, 1.82) is 0 Å². The first-order valence-electron chi connectivity index (χ1n) is 42.4. The number of ether oxygens (including phenoxy) is 8. The van der Waals surface area contributed by atoms with Gasteiger partial charge in [-0.15, -0.1) is 46.4 Å². The maximum absolute atomic E-state index is 12.4. The van der Waals surface area contributed by atoms with Gasteiger partial charge in [0.1, 0.15) is 45.3 Å². The molecule has 32 heteroatoms. The summed E-state index contributed by atoms with van der Waals surface area (Å²) in [6.45, 7) is 4.25. The smallest absolute Gasteiger partial charge is 0.341 e. The van der Waals surface area contributed by atoms with Crippen LogP contribution in [0, 0.1) is 0 Å². The van der Waals surface area contributed by atoms with Crippen LogP contribution in [0.5, 0.6) is 23.0 Å². The van der Waals surface area contributed by atoms with Crippen LogP contribution >= 0.6 is 46.4 Å². The molecule has 0 amide bonds. The van der Waals surface area contributed by atoms with E-state index < -0.39 is 23.9 Å². The molecule has 0 aliphatic rings. The summed E-state index contributed by atoms with van der Waals surface area (Å²) in [7, 11) is 12.0. The monoisotopic (exact) mass is 1860 g/mol. The van der Waals surface area contributed by atoms with E-state index in [1.165, 1.54) is 53.2 Å². The molecule has 8 heterocycles. The van der Waals surface area contributed by atoms with E-state index in [0.717, 1.165) is 115 Å². The van der Waals surface area contributed by atoms with Crippen LogP contribution in [-0.4, -0.2) is 166 Å². The van der Waals surface area contributed by atoms with Crippen LogP contribution < -0.4 is 40.2 Å². The fourth-order valence-electron chi connectivity index (χ4n) is 14.6. The summed E-state index contributed by atoms with van der Waals surface area (Å²) in [6.07, 6.45) is 16.0. The van der Waals surface area contributed by atoms with Gasteiger partial charge in [-0.2, -0.15) is 20.4 Å². The zero-order valence-corrected chi connectivity index (χ0v) is 77.0. The number of pyridine rings is 4. The second-order valence-corrected chi connectivity index (χ2v) is 32.1. The van der Waals surface area contributed by atoms with Crippen molar-refractivity contribution < 1.29 is 57.1 Å². The maximum Gasteiger partial charge on any atom is 0.341 e. The van der Waals surface area contributed by atoms with E-state index in [1.807, 2.05) is 218 Å². The fraction of sp³-hybridized carbons (Fsp3) is 0.240. The number of carbonyl (C=O) groups excluding carboxylic acids is 4. The number of halogens is 4. The van der Waals surface area contributed by atoms with Gasteiger partial charge in [-0.05, 0) is 119 Å². The molecule has 8 aromatic heterocycles. The molecule has 0 saturated heterocycles. The predicted octanol–water partition coefficient (Wildman–Crippen LogP) is 19.4. The first kappa shape index (κ1) is 95.3. The van der Waals surface area contributed by atoms with Crippen molar-refractivity contribution in [2.75, 3.05) is 104 Å². The first-order chi connectivity index (χ1) is 64.4. The minimum atomic E-state index is -0.455. The van der Waals surface area contributed by atoms with E-state index >= 15 is 0 Å². The van der Waals surface area contributed by atoms with Gasteiger partial charge in [-0.25, -0.2) is 57.8 Å². The van der Waals surface area contributed by atoms with Crippen molar-refractivity contribution in [3.63, 3.8) is 0 Å². The highest BCUT2D eigenvalue weighted by atomic mass is 35.5. The van der Waals surface area contributed by atoms with Gasteiger partial charge in [0, 0.05) is 51.0 Å². The molecule has 0 radical (unpaired) electrons. The van der Waals surface area contributed by atoms with E-state index in [4.69, 9.17) is 84.3 Å². The Labute approximate surface area is 783 Å². The lowest BCUT2D eigenvalue weighted by Gasteiger charge is -2.13. The molecule has 0 aliphatic carbocycles. The Morgan fingerprint density at radius 2 is 0.462 bits per heavy atom. The number of aromatic nitrogens is 12. The number of methoxy groups -OCH3 is 8. The van der Waals surface area contributed by atoms with Gasteiger partial charge >= 0.3 is 23.9 Å². The number of rotatable bonds is 36. The third-order valence-electron chi connectivity index (χ3n) is 21.8. The summed E-state index contributed by atoms with van der Waals surface area (Å²) in [6, 6.07) is 70.9. The second-order valence-electron chi connectivity index (χ2n) is 30.0. The van der Waals surface area contributed by atoms with Crippen LogP contribution in [0.15, 0.2) is 268 Å². The van der Waals surface area contributed by atoms with Gasteiger partial charge < -0.3 is 59.2 Å². The summed E-state index contributed by atoms with van der Waals surface area (Å²) < 4.78 is 47.7. The molecule has 0 unspecified atom stereocenters. The third kappa shape index (κ3) is 24.4. The quantitative estimate of drug-likeness (QED) is 0.0161. The largest absolute Gasteiger partial charge is 0.497 e. The van der Waals surface area contributed by atoms with E-state index in [1.54, 1.807) is 72.0 Å². The lowest BCUT2D eigenvalue weighted by molar-refractivity contribution is 0.0592. The summed E-state index contributed by atoms with van der Waals surface area (Å²) in [5.74, 6) is 1.44. The average Bonchev–Trinajstić information content (AvgIpc) is 1.63. The van der Waals surface area contributed by atoms with Gasteiger partial charge in [0.2, 0.25) is 0 Å². The molecule has 4 N–H and O–H groups in total. The lowest BCUT2D eigenvalue weighted by Crippen LogP contribution is -2.12. The van der Waals surface area contributed by atoms with Crippen LogP contribution in [0.2, 0.25) is 0 Å². The van der Waals surface area contributed by atoms with Gasteiger partial charge in [0.15, 0.2) is 22.6 Å². The topological polar surface area (TPSA) is 313 Å². The number of anilines is 4. The number of esters is 4. The van der Waals surface area contributed by atoms with Gasteiger partial charge in [-0.3, -0.25) is 0 Å². The van der Waals surface area contributed by atoms with Crippen molar-refractivity contribution in [3.05, 3.63) is 335 Å². The molecule has 0 fully saturated rings. The van der Waals surface area contributed by atoms with Crippen molar-refractivity contribution in [2.45, 2.75) is 73.4 Å². The molecule has 0 aliphatic heterocycles. The Bertz CT molecular complexity index is 5680. The zero-order chi connectivity index (χ0) is 92.8. The average molecular weight is 1860 g/mol. The van der Waals surface area contributed by atoms with E-state index in [-0.39, 0.29) is 21.5 Å². The number of carbonyl (C=O) groups is 4. The Balaban J connectivity index is 0.000000150. The van der Waals surface area contributed by atoms with Crippen LogP contribution in [0.25, 0.3) is 44.1 Å². The van der Waals surface area contributed by atoms with Crippen LogP contribution in [0.3, 0.4) is 0 Å². The maximum atomic E-state index is 12.4. The number of hydrogen-bond donors (Lipinski definition) is 4. The molecule has 680 valence electrons. The molecule has 16 aromatic rings. The minimum Gasteiger partial charge on any atom is -0.497 e. The van der Waals surface area contributed by atoms with Crippen LogP contribution in [0.4, 0.5) is 22.7 Å². The lowest BCUT2D eigenvalue weighted by atomic mass is 10.1. The fourth-order valence-corrected chi connectivity index (χ4v) is 15.7. The first-order valence-corrected chi connectivity index (χ1v) is 44.1. The Morgan fingerprint density at radius 1 is 0.273 bits per heavy atom.